The SMILES string of the molecule is COc1c(Br)cc(Cl)cc1S(=O)(=O)N1C[C@H](C(N)=O)Oc2ccccc21. The second kappa shape index (κ2) is 6.98. The molecule has 1 aliphatic rings. The third kappa shape index (κ3) is 3.22. The van der Waals surface area contributed by atoms with Crippen molar-refractivity contribution in [1.82, 2.24) is 0 Å². The molecule has 0 unspecified atom stereocenters. The first-order chi connectivity index (χ1) is 12.3. The van der Waals surface area contributed by atoms with Crippen molar-refractivity contribution in [1.29, 1.82) is 0 Å². The molecule has 1 heterocycles. The molecule has 0 saturated carbocycles. The molecule has 0 aliphatic carbocycles. The van der Waals surface area contributed by atoms with E-state index in [1.807, 2.05) is 0 Å². The zero-order chi connectivity index (χ0) is 19.1. The van der Waals surface area contributed by atoms with Crippen molar-refractivity contribution in [3.63, 3.8) is 0 Å². The molecule has 0 fully saturated rings. The average Bonchev–Trinajstić information content (AvgIpc) is 2.60. The molecular formula is C16H14BrClN2O5S. The fraction of sp³-hybridized carbons (Fsp3) is 0.188. The number of anilines is 1. The number of amides is 1. The number of para-hydroxylation sites is 2. The number of methoxy groups -OCH3 is 1. The van der Waals surface area contributed by atoms with Gasteiger partial charge in [0, 0.05) is 5.02 Å². The van der Waals surface area contributed by atoms with Crippen LogP contribution in [0.25, 0.3) is 0 Å². The summed E-state index contributed by atoms with van der Waals surface area (Å²) in [6, 6.07) is 9.30. The van der Waals surface area contributed by atoms with Crippen molar-refractivity contribution in [2.45, 2.75) is 11.0 Å². The van der Waals surface area contributed by atoms with Crippen molar-refractivity contribution < 1.29 is 22.7 Å². The molecule has 0 bridgehead atoms. The van der Waals surface area contributed by atoms with Gasteiger partial charge in [0.1, 0.15) is 10.6 Å². The van der Waals surface area contributed by atoms with E-state index in [0.29, 0.717) is 10.2 Å². The number of hydrogen-bond acceptors (Lipinski definition) is 5. The lowest BCUT2D eigenvalue weighted by Crippen LogP contribution is -2.49. The van der Waals surface area contributed by atoms with E-state index in [1.54, 1.807) is 24.3 Å². The van der Waals surface area contributed by atoms with Crippen LogP contribution in [0.3, 0.4) is 0 Å². The van der Waals surface area contributed by atoms with Gasteiger partial charge >= 0.3 is 0 Å². The Bertz CT molecular complexity index is 983. The third-order valence-corrected chi connectivity index (χ3v) is 6.39. The number of primary amides is 1. The number of hydrogen-bond donors (Lipinski definition) is 1. The van der Waals surface area contributed by atoms with Crippen molar-refractivity contribution in [2.75, 3.05) is 18.0 Å². The van der Waals surface area contributed by atoms with E-state index in [9.17, 15) is 13.2 Å². The first-order valence-corrected chi connectivity index (χ1v) is 9.97. The molecule has 2 aromatic carbocycles. The molecule has 0 spiro atoms. The number of halogens is 2. The van der Waals surface area contributed by atoms with Crippen molar-refractivity contribution in [2.24, 2.45) is 5.73 Å². The maximum Gasteiger partial charge on any atom is 0.268 e. The smallest absolute Gasteiger partial charge is 0.268 e. The predicted molar refractivity (Wildman–Crippen MR) is 100 cm³/mol. The quantitative estimate of drug-likeness (QED) is 0.754. The van der Waals surface area contributed by atoms with E-state index in [4.69, 9.17) is 26.8 Å². The van der Waals surface area contributed by atoms with Crippen LogP contribution in [0.2, 0.25) is 5.02 Å². The van der Waals surface area contributed by atoms with Crippen molar-refractivity contribution in [3.05, 3.63) is 45.9 Å². The second-order valence-electron chi connectivity index (χ2n) is 5.43. The molecule has 26 heavy (non-hydrogen) atoms. The Kier molecular flexibility index (Phi) is 5.05. The van der Waals surface area contributed by atoms with Crippen molar-refractivity contribution >= 4 is 49.1 Å². The van der Waals surface area contributed by atoms with E-state index in [1.165, 1.54) is 19.2 Å². The molecule has 10 heteroatoms. The Morgan fingerprint density at radius 3 is 2.73 bits per heavy atom. The van der Waals surface area contributed by atoms with Crippen LogP contribution in [0.5, 0.6) is 11.5 Å². The summed E-state index contributed by atoms with van der Waals surface area (Å²) in [5, 5.41) is 0.212. The van der Waals surface area contributed by atoms with Gasteiger partial charge in [-0.25, -0.2) is 8.42 Å². The molecule has 1 aliphatic heterocycles. The van der Waals surface area contributed by atoms with E-state index in [0.717, 1.165) is 4.31 Å². The van der Waals surface area contributed by atoms with E-state index in [-0.39, 0.29) is 28.0 Å². The number of nitrogens with two attached hydrogens (primary N) is 1. The minimum atomic E-state index is -4.12. The molecule has 2 aromatic rings. The summed E-state index contributed by atoms with van der Waals surface area (Å²) < 4.78 is 38.9. The molecule has 1 atom stereocenters. The van der Waals surface area contributed by atoms with E-state index in [2.05, 4.69) is 15.9 Å². The van der Waals surface area contributed by atoms with Crippen LogP contribution in [0.4, 0.5) is 5.69 Å². The van der Waals surface area contributed by atoms with Crippen LogP contribution in [0.1, 0.15) is 0 Å². The van der Waals surface area contributed by atoms with Gasteiger partial charge in [-0.2, -0.15) is 0 Å². The molecule has 2 N–H and O–H groups in total. The lowest BCUT2D eigenvalue weighted by molar-refractivity contribution is -0.124. The van der Waals surface area contributed by atoms with Crippen LogP contribution in [0.15, 0.2) is 45.8 Å². The number of ether oxygens (including phenoxy) is 2. The zero-order valence-electron chi connectivity index (χ0n) is 13.5. The minimum Gasteiger partial charge on any atom is -0.494 e. The highest BCUT2D eigenvalue weighted by Crippen LogP contribution is 2.41. The van der Waals surface area contributed by atoms with Crippen LogP contribution < -0.4 is 19.5 Å². The molecule has 3 rings (SSSR count). The average molecular weight is 462 g/mol. The Hall–Kier alpha value is -1.97. The van der Waals surface area contributed by atoms with Gasteiger partial charge in [-0.1, -0.05) is 23.7 Å². The normalized spacial score (nSPS) is 16.6. The maximum atomic E-state index is 13.4. The first kappa shape index (κ1) is 18.8. The number of nitrogens with zero attached hydrogens (tertiary/aromatic N) is 1. The molecule has 7 nitrogen and oxygen atoms in total. The maximum absolute atomic E-state index is 13.4. The highest BCUT2D eigenvalue weighted by atomic mass is 79.9. The standard InChI is InChI=1S/C16H14BrClN2O5S/c1-24-15-10(17)6-9(18)7-14(15)26(22,23)20-8-13(16(19)21)25-12-5-3-2-4-11(12)20/h2-7,13H,8H2,1H3,(H2,19,21)/t13-/m1/s1. The third-order valence-electron chi connectivity index (χ3n) is 3.80. The minimum absolute atomic E-state index is 0.106. The largest absolute Gasteiger partial charge is 0.494 e. The Morgan fingerprint density at radius 2 is 2.08 bits per heavy atom. The van der Waals surface area contributed by atoms with E-state index < -0.39 is 22.0 Å². The molecule has 1 amide bonds. The number of rotatable bonds is 4. The summed E-state index contributed by atoms with van der Waals surface area (Å²) in [4.78, 5) is 11.5. The molecule has 0 saturated heterocycles. The molecular weight excluding hydrogens is 448 g/mol. The Balaban J connectivity index is 2.20. The zero-order valence-corrected chi connectivity index (χ0v) is 16.6. The fourth-order valence-electron chi connectivity index (χ4n) is 2.62. The number of benzene rings is 2. The topological polar surface area (TPSA) is 98.9 Å². The van der Waals surface area contributed by atoms with Gasteiger partial charge in [0.05, 0.1) is 23.8 Å². The summed E-state index contributed by atoms with van der Waals surface area (Å²) in [6.45, 7) is -0.262. The molecule has 0 aromatic heterocycles. The van der Waals surface area contributed by atoms with Crippen LogP contribution in [0, 0.1) is 0 Å². The first-order valence-electron chi connectivity index (χ1n) is 7.36. The summed E-state index contributed by atoms with van der Waals surface area (Å²) >= 11 is 9.29. The number of carbonyl (C=O) groups is 1. The predicted octanol–water partition coefficient (Wildman–Crippen LogP) is 2.55. The van der Waals surface area contributed by atoms with E-state index >= 15 is 0 Å². The Labute approximate surface area is 163 Å². The Morgan fingerprint density at radius 1 is 1.38 bits per heavy atom. The number of carbonyl (C=O) groups excluding carboxylic acids is 1. The lowest BCUT2D eigenvalue weighted by Gasteiger charge is -2.34. The van der Waals surface area contributed by atoms with Gasteiger partial charge in [0.25, 0.3) is 15.9 Å². The molecule has 138 valence electrons. The summed E-state index contributed by atoms with van der Waals surface area (Å²) in [6.07, 6.45) is -1.12. The second-order valence-corrected chi connectivity index (χ2v) is 8.55. The van der Waals surface area contributed by atoms with Gasteiger partial charge in [-0.05, 0) is 40.2 Å². The molecule has 0 radical (unpaired) electrons. The van der Waals surface area contributed by atoms with Gasteiger partial charge in [0.2, 0.25) is 0 Å². The monoisotopic (exact) mass is 460 g/mol. The van der Waals surface area contributed by atoms with Crippen LogP contribution in [-0.4, -0.2) is 34.1 Å². The summed E-state index contributed by atoms with van der Waals surface area (Å²) in [7, 11) is -2.77. The highest BCUT2D eigenvalue weighted by Gasteiger charge is 2.38. The van der Waals surface area contributed by atoms with Gasteiger partial charge in [-0.3, -0.25) is 9.10 Å². The van der Waals surface area contributed by atoms with Crippen molar-refractivity contribution in [3.8, 4) is 11.5 Å². The van der Waals surface area contributed by atoms with Gasteiger partial charge in [-0.15, -0.1) is 0 Å². The number of fused-ring (bicyclic) bond motifs is 1. The van der Waals surface area contributed by atoms with Gasteiger partial charge in [0.15, 0.2) is 11.9 Å². The highest BCUT2D eigenvalue weighted by molar-refractivity contribution is 9.10. The van der Waals surface area contributed by atoms with Gasteiger partial charge < -0.3 is 15.2 Å². The summed E-state index contributed by atoms with van der Waals surface area (Å²) in [5.41, 5.74) is 5.63. The lowest BCUT2D eigenvalue weighted by atomic mass is 10.2. The number of sulfonamides is 1. The van der Waals surface area contributed by atoms with Crippen LogP contribution >= 0.6 is 27.5 Å². The van der Waals surface area contributed by atoms with Crippen LogP contribution in [-0.2, 0) is 14.8 Å². The fourth-order valence-corrected chi connectivity index (χ4v) is 5.47. The summed E-state index contributed by atoms with van der Waals surface area (Å²) in [5.74, 6) is -0.417.